The number of hydrogen-bond donors (Lipinski definition) is 0. The van der Waals surface area contributed by atoms with Gasteiger partial charge in [0.2, 0.25) is 0 Å². The van der Waals surface area contributed by atoms with Crippen molar-refractivity contribution >= 4 is 5.78 Å². The van der Waals surface area contributed by atoms with E-state index in [1.807, 2.05) is 0 Å². The van der Waals surface area contributed by atoms with Gasteiger partial charge in [-0.3, -0.25) is 4.79 Å². The van der Waals surface area contributed by atoms with Crippen molar-refractivity contribution in [3.8, 4) is 0 Å². The Morgan fingerprint density at radius 3 is 2.60 bits per heavy atom. The van der Waals surface area contributed by atoms with Gasteiger partial charge in [-0.25, -0.2) is 0 Å². The summed E-state index contributed by atoms with van der Waals surface area (Å²) in [4.78, 5) is 11.8. The van der Waals surface area contributed by atoms with E-state index in [4.69, 9.17) is 0 Å². The molecule has 1 aromatic rings. The molecule has 1 heteroatoms. The summed E-state index contributed by atoms with van der Waals surface area (Å²) < 4.78 is 0. The molecule has 0 aliphatic heterocycles. The monoisotopic (exact) mass is 200 g/mol. The molecule has 78 valence electrons. The lowest BCUT2D eigenvalue weighted by atomic mass is 9.68. The molecule has 3 rings (SSSR count). The van der Waals surface area contributed by atoms with Gasteiger partial charge in [0.15, 0.2) is 0 Å². The van der Waals surface area contributed by atoms with E-state index in [-0.39, 0.29) is 0 Å². The Balaban J connectivity index is 1.95. The molecule has 0 N–H and O–H groups in total. The van der Waals surface area contributed by atoms with Crippen LogP contribution in [-0.4, -0.2) is 5.78 Å². The molecular weight excluding hydrogens is 184 g/mol. The average Bonchev–Trinajstić information content (AvgIpc) is 2.27. The Labute approximate surface area is 90.5 Å². The summed E-state index contributed by atoms with van der Waals surface area (Å²) in [7, 11) is 0. The van der Waals surface area contributed by atoms with E-state index in [1.165, 1.54) is 17.5 Å². The maximum Gasteiger partial charge on any atom is 0.136 e. The first kappa shape index (κ1) is 9.14. The summed E-state index contributed by atoms with van der Waals surface area (Å²) in [5.41, 5.74) is 2.89. The van der Waals surface area contributed by atoms with Crippen molar-refractivity contribution in [2.45, 2.75) is 32.1 Å². The smallest absolute Gasteiger partial charge is 0.136 e. The van der Waals surface area contributed by atoms with Crippen LogP contribution in [0.1, 0.15) is 30.4 Å². The first-order valence-corrected chi connectivity index (χ1v) is 5.94. The Kier molecular flexibility index (Phi) is 2.12. The van der Waals surface area contributed by atoms with Crippen LogP contribution in [0.15, 0.2) is 24.3 Å². The zero-order valence-electron chi connectivity index (χ0n) is 8.91. The van der Waals surface area contributed by atoms with Gasteiger partial charge in [0.05, 0.1) is 0 Å². The van der Waals surface area contributed by atoms with Crippen LogP contribution < -0.4 is 0 Å². The Morgan fingerprint density at radius 1 is 1.07 bits per heavy atom. The molecule has 0 radical (unpaired) electrons. The minimum atomic E-state index is 0.341. The summed E-state index contributed by atoms with van der Waals surface area (Å²) >= 11 is 0. The van der Waals surface area contributed by atoms with Crippen LogP contribution in [0, 0.1) is 11.8 Å². The van der Waals surface area contributed by atoms with E-state index in [0.29, 0.717) is 17.6 Å². The molecule has 15 heavy (non-hydrogen) atoms. The number of hydrogen-bond acceptors (Lipinski definition) is 1. The first-order valence-electron chi connectivity index (χ1n) is 5.94. The van der Waals surface area contributed by atoms with Crippen LogP contribution in [0.3, 0.4) is 0 Å². The first-order chi connectivity index (χ1) is 7.34. The van der Waals surface area contributed by atoms with Gasteiger partial charge in [-0.15, -0.1) is 0 Å². The largest absolute Gasteiger partial charge is 0.299 e. The molecule has 0 aromatic heterocycles. The zero-order chi connectivity index (χ0) is 10.3. The van der Waals surface area contributed by atoms with Crippen molar-refractivity contribution < 1.29 is 4.79 Å². The van der Waals surface area contributed by atoms with Gasteiger partial charge in [0, 0.05) is 12.3 Å². The van der Waals surface area contributed by atoms with Crippen molar-refractivity contribution in [1.82, 2.24) is 0 Å². The molecule has 0 amide bonds. The molecule has 1 nitrogen and oxygen atoms in total. The number of rotatable bonds is 0. The van der Waals surface area contributed by atoms with Gasteiger partial charge in [0.1, 0.15) is 5.78 Å². The van der Waals surface area contributed by atoms with Crippen molar-refractivity contribution in [1.29, 1.82) is 0 Å². The fourth-order valence-corrected chi connectivity index (χ4v) is 3.19. The molecule has 0 unspecified atom stereocenters. The van der Waals surface area contributed by atoms with Crippen LogP contribution in [0.2, 0.25) is 0 Å². The highest BCUT2D eigenvalue weighted by atomic mass is 16.1. The number of carbonyl (C=O) groups excluding carboxylic acids is 1. The maximum absolute atomic E-state index is 11.8. The molecule has 2 atom stereocenters. The minimum absolute atomic E-state index is 0.341. The average molecular weight is 200 g/mol. The summed E-state index contributed by atoms with van der Waals surface area (Å²) in [6.45, 7) is 0. The highest BCUT2D eigenvalue weighted by molar-refractivity contribution is 5.82. The second-order valence-corrected chi connectivity index (χ2v) is 4.90. The highest BCUT2D eigenvalue weighted by Gasteiger charge is 2.35. The van der Waals surface area contributed by atoms with E-state index < -0.39 is 0 Å². The van der Waals surface area contributed by atoms with Crippen molar-refractivity contribution in [2.24, 2.45) is 11.8 Å². The van der Waals surface area contributed by atoms with E-state index in [0.717, 1.165) is 25.7 Å². The number of fused-ring (bicyclic) bond motifs is 2. The van der Waals surface area contributed by atoms with E-state index in [1.54, 1.807) is 0 Å². The van der Waals surface area contributed by atoms with Crippen LogP contribution in [0.4, 0.5) is 0 Å². The van der Waals surface area contributed by atoms with Gasteiger partial charge in [-0.05, 0) is 42.7 Å². The fraction of sp³-hybridized carbons (Fsp3) is 0.500. The molecule has 1 fully saturated rings. The normalized spacial score (nSPS) is 29.5. The second-order valence-electron chi connectivity index (χ2n) is 4.90. The van der Waals surface area contributed by atoms with Gasteiger partial charge in [-0.1, -0.05) is 24.3 Å². The van der Waals surface area contributed by atoms with Crippen LogP contribution >= 0.6 is 0 Å². The van der Waals surface area contributed by atoms with Crippen LogP contribution in [0.25, 0.3) is 0 Å². The van der Waals surface area contributed by atoms with Gasteiger partial charge in [0.25, 0.3) is 0 Å². The highest BCUT2D eigenvalue weighted by Crippen LogP contribution is 2.37. The predicted octanol–water partition coefficient (Wildman–Crippen LogP) is 2.77. The third kappa shape index (κ3) is 1.50. The Hall–Kier alpha value is -1.11. The summed E-state index contributed by atoms with van der Waals surface area (Å²) in [6.07, 6.45) is 5.32. The molecule has 0 spiro atoms. The minimum Gasteiger partial charge on any atom is -0.299 e. The lowest BCUT2D eigenvalue weighted by Crippen LogP contribution is -2.34. The summed E-state index contributed by atoms with van der Waals surface area (Å²) in [5.74, 6) is 1.50. The van der Waals surface area contributed by atoms with E-state index in [2.05, 4.69) is 24.3 Å². The lowest BCUT2D eigenvalue weighted by Gasteiger charge is -2.35. The molecule has 0 bridgehead atoms. The van der Waals surface area contributed by atoms with Crippen molar-refractivity contribution in [3.05, 3.63) is 35.4 Å². The van der Waals surface area contributed by atoms with Crippen LogP contribution in [-0.2, 0) is 17.6 Å². The maximum atomic E-state index is 11.8. The standard InChI is InChI=1S/C14H16O/c15-14-7-3-6-12-8-10-4-1-2-5-11(10)9-13(12)14/h1-2,4-5,12-13H,3,6-9H2/t12-,13-/m1/s1. The molecule has 1 saturated carbocycles. The van der Waals surface area contributed by atoms with Gasteiger partial charge >= 0.3 is 0 Å². The summed E-state index contributed by atoms with van der Waals surface area (Å²) in [6, 6.07) is 8.62. The van der Waals surface area contributed by atoms with Gasteiger partial charge < -0.3 is 0 Å². The molecule has 0 heterocycles. The lowest BCUT2D eigenvalue weighted by molar-refractivity contribution is -0.126. The SMILES string of the molecule is O=C1CCC[C@@H]2Cc3ccccc3C[C@@H]12. The quantitative estimate of drug-likeness (QED) is 0.629. The number of carbonyl (C=O) groups is 1. The van der Waals surface area contributed by atoms with Crippen LogP contribution in [0.5, 0.6) is 0 Å². The van der Waals surface area contributed by atoms with Crippen molar-refractivity contribution in [2.75, 3.05) is 0 Å². The molecular formula is C14H16O. The van der Waals surface area contributed by atoms with E-state index in [9.17, 15) is 4.79 Å². The third-order valence-electron chi connectivity index (χ3n) is 4.02. The Bertz CT molecular complexity index is 394. The zero-order valence-corrected chi connectivity index (χ0v) is 8.91. The molecule has 1 aromatic carbocycles. The third-order valence-corrected chi connectivity index (χ3v) is 4.02. The number of benzene rings is 1. The predicted molar refractivity (Wildman–Crippen MR) is 59.7 cm³/mol. The Morgan fingerprint density at radius 2 is 1.80 bits per heavy atom. The summed E-state index contributed by atoms with van der Waals surface area (Å²) in [5, 5.41) is 0. The van der Waals surface area contributed by atoms with Crippen molar-refractivity contribution in [3.63, 3.8) is 0 Å². The molecule has 2 aliphatic carbocycles. The topological polar surface area (TPSA) is 17.1 Å². The van der Waals surface area contributed by atoms with E-state index >= 15 is 0 Å². The second kappa shape index (κ2) is 3.48. The molecule has 2 aliphatic rings. The number of Topliss-reactive ketones (excluding diaryl/α,β-unsaturated/α-hetero) is 1. The van der Waals surface area contributed by atoms with Gasteiger partial charge in [-0.2, -0.15) is 0 Å². The fourth-order valence-electron chi connectivity index (χ4n) is 3.19. The number of ketones is 1. The molecule has 0 saturated heterocycles.